The Kier molecular flexibility index (Phi) is 7.33. The quantitative estimate of drug-likeness (QED) is 0.404. The number of allylic oxidation sites excluding steroid dienone is 1. The molecule has 0 unspecified atom stereocenters. The van der Waals surface area contributed by atoms with Crippen LogP contribution >= 0.6 is 0 Å². The van der Waals surface area contributed by atoms with Crippen molar-refractivity contribution in [1.82, 2.24) is 0 Å². The van der Waals surface area contributed by atoms with Gasteiger partial charge < -0.3 is 13.9 Å². The minimum Gasteiger partial charge on any atom is -0.493 e. The molecule has 3 nitrogen and oxygen atoms in total. The SMILES string of the molecule is C=C[C@H](C)[C@@H](C)[C@@H](O[Si](C)(C)C(C)(C)C)c1ccc(OC)c(OC)c1. The van der Waals surface area contributed by atoms with Crippen molar-refractivity contribution in [3.8, 4) is 11.5 Å². The second-order valence-electron chi connectivity index (χ2n) is 8.37. The molecule has 0 saturated heterocycles. The lowest BCUT2D eigenvalue weighted by atomic mass is 9.87. The summed E-state index contributed by atoms with van der Waals surface area (Å²) in [5.74, 6) is 2.14. The van der Waals surface area contributed by atoms with E-state index < -0.39 is 8.32 Å². The average Bonchev–Trinajstić information content (AvgIpc) is 2.56. The molecule has 0 radical (unpaired) electrons. The molecule has 0 aromatic heterocycles. The summed E-state index contributed by atoms with van der Waals surface area (Å²) in [6.07, 6.45) is 2.00. The highest BCUT2D eigenvalue weighted by Crippen LogP contribution is 2.44. The number of ether oxygens (including phenoxy) is 2. The van der Waals surface area contributed by atoms with E-state index in [0.717, 1.165) is 17.1 Å². The molecule has 0 bridgehead atoms. The summed E-state index contributed by atoms with van der Waals surface area (Å²) in [4.78, 5) is 0. The van der Waals surface area contributed by atoms with Gasteiger partial charge in [-0.25, -0.2) is 0 Å². The third-order valence-electron chi connectivity index (χ3n) is 5.64. The Hall–Kier alpha value is -1.26. The van der Waals surface area contributed by atoms with Crippen molar-refractivity contribution in [3.05, 3.63) is 36.4 Å². The van der Waals surface area contributed by atoms with Crippen molar-refractivity contribution >= 4 is 8.32 Å². The van der Waals surface area contributed by atoms with E-state index in [-0.39, 0.29) is 11.1 Å². The van der Waals surface area contributed by atoms with Crippen molar-refractivity contribution in [1.29, 1.82) is 0 Å². The molecule has 0 aliphatic rings. The van der Waals surface area contributed by atoms with Gasteiger partial charge in [-0.2, -0.15) is 0 Å². The van der Waals surface area contributed by atoms with E-state index in [1.807, 2.05) is 18.2 Å². The van der Waals surface area contributed by atoms with Gasteiger partial charge in [0.25, 0.3) is 0 Å². The average molecular weight is 365 g/mol. The molecule has 0 amide bonds. The van der Waals surface area contributed by atoms with Crippen LogP contribution in [0.1, 0.15) is 46.3 Å². The molecule has 0 N–H and O–H groups in total. The van der Waals surface area contributed by atoms with Crippen molar-refractivity contribution in [2.75, 3.05) is 14.2 Å². The fraction of sp³-hybridized carbons (Fsp3) is 0.619. The summed E-state index contributed by atoms with van der Waals surface area (Å²) in [5, 5.41) is 0.152. The molecule has 0 heterocycles. The maximum absolute atomic E-state index is 6.84. The Morgan fingerprint density at radius 3 is 2.04 bits per heavy atom. The van der Waals surface area contributed by atoms with Gasteiger partial charge in [0.15, 0.2) is 19.8 Å². The molecule has 0 aliphatic carbocycles. The lowest BCUT2D eigenvalue weighted by molar-refractivity contribution is 0.107. The van der Waals surface area contributed by atoms with Gasteiger partial charge in [-0.1, -0.05) is 46.8 Å². The largest absolute Gasteiger partial charge is 0.493 e. The highest BCUT2D eigenvalue weighted by atomic mass is 28.4. The Labute approximate surface area is 155 Å². The molecule has 142 valence electrons. The second kappa shape index (κ2) is 8.41. The van der Waals surface area contributed by atoms with Crippen LogP contribution in [-0.2, 0) is 4.43 Å². The molecule has 0 aliphatic heterocycles. The summed E-state index contributed by atoms with van der Waals surface area (Å²) in [6.45, 7) is 19.8. The Morgan fingerprint density at radius 1 is 1.04 bits per heavy atom. The van der Waals surface area contributed by atoms with E-state index in [9.17, 15) is 0 Å². The summed E-state index contributed by atoms with van der Waals surface area (Å²) in [5.41, 5.74) is 1.13. The molecule has 25 heavy (non-hydrogen) atoms. The number of methoxy groups -OCH3 is 2. The highest BCUT2D eigenvalue weighted by molar-refractivity contribution is 6.74. The van der Waals surface area contributed by atoms with Gasteiger partial charge in [-0.05, 0) is 47.7 Å². The maximum Gasteiger partial charge on any atom is 0.192 e. The van der Waals surface area contributed by atoms with Crippen LogP contribution in [0, 0.1) is 11.8 Å². The lowest BCUT2D eigenvalue weighted by Gasteiger charge is -2.42. The molecular weight excluding hydrogens is 328 g/mol. The van der Waals surface area contributed by atoms with Gasteiger partial charge in [0.2, 0.25) is 0 Å². The fourth-order valence-corrected chi connectivity index (χ4v) is 3.83. The Balaban J connectivity index is 3.35. The third kappa shape index (κ3) is 5.11. The normalized spacial score (nSPS) is 16.0. The van der Waals surface area contributed by atoms with Crippen molar-refractivity contribution in [2.24, 2.45) is 11.8 Å². The number of hydrogen-bond donors (Lipinski definition) is 0. The fourth-order valence-electron chi connectivity index (χ4n) is 2.49. The van der Waals surface area contributed by atoms with Gasteiger partial charge in [-0.15, -0.1) is 6.58 Å². The zero-order valence-corrected chi connectivity index (χ0v) is 18.5. The monoisotopic (exact) mass is 364 g/mol. The first-order valence-corrected chi connectivity index (χ1v) is 11.9. The second-order valence-corrected chi connectivity index (χ2v) is 13.1. The van der Waals surface area contributed by atoms with Crippen molar-refractivity contribution in [2.45, 2.75) is 58.9 Å². The van der Waals surface area contributed by atoms with E-state index in [1.54, 1.807) is 14.2 Å². The van der Waals surface area contributed by atoms with Crippen LogP contribution < -0.4 is 9.47 Å². The van der Waals surface area contributed by atoms with Crippen LogP contribution in [0.15, 0.2) is 30.9 Å². The minimum absolute atomic E-state index is 0.00584. The Bertz CT molecular complexity index is 575. The van der Waals surface area contributed by atoms with Crippen molar-refractivity contribution < 1.29 is 13.9 Å². The smallest absolute Gasteiger partial charge is 0.192 e. The first-order chi connectivity index (χ1) is 11.5. The lowest BCUT2D eigenvalue weighted by Crippen LogP contribution is -2.43. The van der Waals surface area contributed by atoms with Gasteiger partial charge in [0.05, 0.1) is 20.3 Å². The predicted octanol–water partition coefficient (Wildman–Crippen LogP) is 6.22. The zero-order chi connectivity index (χ0) is 19.4. The molecule has 1 aromatic carbocycles. The predicted molar refractivity (Wildman–Crippen MR) is 109 cm³/mol. The molecular formula is C21H36O3Si. The van der Waals surface area contributed by atoms with E-state index in [1.165, 1.54) is 0 Å². The molecule has 0 saturated carbocycles. The molecule has 1 rings (SSSR count). The van der Waals surface area contributed by atoms with E-state index in [0.29, 0.717) is 11.8 Å². The van der Waals surface area contributed by atoms with Crippen LogP contribution in [0.5, 0.6) is 11.5 Å². The van der Waals surface area contributed by atoms with E-state index in [4.69, 9.17) is 13.9 Å². The molecule has 1 aromatic rings. The minimum atomic E-state index is -1.93. The molecule has 0 fully saturated rings. The number of benzene rings is 1. The first kappa shape index (κ1) is 21.8. The summed E-state index contributed by atoms with van der Waals surface area (Å²) in [7, 11) is 1.40. The van der Waals surface area contributed by atoms with Crippen LogP contribution in [0.25, 0.3) is 0 Å². The summed E-state index contributed by atoms with van der Waals surface area (Å²) >= 11 is 0. The van der Waals surface area contributed by atoms with Crippen LogP contribution in [0.2, 0.25) is 18.1 Å². The standard InChI is InChI=1S/C21H36O3Si/c1-11-15(2)16(3)20(24-25(9,10)21(4,5)6)17-12-13-18(22-7)19(14-17)23-8/h11-16,20H,1H2,2-10H3/t15-,16+,20+/m0/s1. The van der Waals surface area contributed by atoms with Gasteiger partial charge in [0.1, 0.15) is 0 Å². The van der Waals surface area contributed by atoms with Gasteiger partial charge in [-0.3, -0.25) is 0 Å². The molecule has 4 heteroatoms. The van der Waals surface area contributed by atoms with Gasteiger partial charge in [0, 0.05) is 0 Å². The van der Waals surface area contributed by atoms with Gasteiger partial charge >= 0.3 is 0 Å². The van der Waals surface area contributed by atoms with E-state index in [2.05, 4.69) is 60.4 Å². The first-order valence-electron chi connectivity index (χ1n) is 9.00. The highest BCUT2D eigenvalue weighted by Gasteiger charge is 2.41. The van der Waals surface area contributed by atoms with Crippen LogP contribution in [0.4, 0.5) is 0 Å². The van der Waals surface area contributed by atoms with Crippen LogP contribution in [-0.4, -0.2) is 22.5 Å². The number of rotatable bonds is 8. The van der Waals surface area contributed by atoms with E-state index >= 15 is 0 Å². The molecule has 3 atom stereocenters. The van der Waals surface area contributed by atoms with Crippen molar-refractivity contribution in [3.63, 3.8) is 0 Å². The summed E-state index contributed by atoms with van der Waals surface area (Å²) < 4.78 is 17.7. The maximum atomic E-state index is 6.84. The topological polar surface area (TPSA) is 27.7 Å². The zero-order valence-electron chi connectivity index (χ0n) is 17.5. The van der Waals surface area contributed by atoms with Crippen LogP contribution in [0.3, 0.4) is 0 Å². The summed E-state index contributed by atoms with van der Waals surface area (Å²) in [6, 6.07) is 6.09. The third-order valence-corrected chi connectivity index (χ3v) is 10.1. The number of hydrogen-bond acceptors (Lipinski definition) is 3. The molecule has 0 spiro atoms. The Morgan fingerprint density at radius 2 is 1.60 bits per heavy atom.